The van der Waals surface area contributed by atoms with E-state index in [1.807, 2.05) is 6.92 Å². The number of nitrogens with one attached hydrogen (secondary N) is 1. The second-order valence-corrected chi connectivity index (χ2v) is 6.20. The molecule has 0 spiro atoms. The first-order valence-electron chi connectivity index (χ1n) is 6.59. The lowest BCUT2D eigenvalue weighted by molar-refractivity contribution is 0.0940. The van der Waals surface area contributed by atoms with E-state index in [0.717, 1.165) is 12.1 Å². The number of nitrogens with zero attached hydrogens (tertiary/aromatic N) is 1. The summed E-state index contributed by atoms with van der Waals surface area (Å²) in [4.78, 5) is 18.8. The molecule has 3 N–H and O–H groups in total. The second-order valence-electron chi connectivity index (χ2n) is 4.83. The first-order valence-corrected chi connectivity index (χ1v) is 7.41. The van der Waals surface area contributed by atoms with Gasteiger partial charge in [0.25, 0.3) is 5.91 Å². The molecule has 21 heavy (non-hydrogen) atoms. The molecular weight excluding hydrogens is 306 g/mol. The van der Waals surface area contributed by atoms with Crippen LogP contribution in [-0.2, 0) is 13.0 Å². The van der Waals surface area contributed by atoms with Gasteiger partial charge >= 0.3 is 0 Å². The van der Waals surface area contributed by atoms with Gasteiger partial charge in [-0.15, -0.1) is 23.7 Å². The number of rotatable bonds is 5. The van der Waals surface area contributed by atoms with E-state index in [1.54, 1.807) is 29.7 Å². The van der Waals surface area contributed by atoms with E-state index in [0.29, 0.717) is 12.1 Å². The van der Waals surface area contributed by atoms with Gasteiger partial charge in [-0.2, -0.15) is 0 Å². The highest BCUT2D eigenvalue weighted by Gasteiger charge is 2.11. The summed E-state index contributed by atoms with van der Waals surface area (Å²) in [6.45, 7) is 4.44. The number of aryl methyl sites for hydroxylation is 1. The maximum absolute atomic E-state index is 12.1. The maximum atomic E-state index is 12.1. The first kappa shape index (κ1) is 17.6. The summed E-state index contributed by atoms with van der Waals surface area (Å²) >= 11 is 1.77. The number of amides is 1. The van der Waals surface area contributed by atoms with E-state index in [2.05, 4.69) is 29.4 Å². The van der Waals surface area contributed by atoms with Crippen molar-refractivity contribution in [2.75, 3.05) is 0 Å². The SMILES string of the molecule is Cc1ccc(CC(C)NC(=O)c2ccnc(CN)c2)s1.Cl. The molecule has 2 aromatic heterocycles. The Morgan fingerprint density at radius 3 is 2.81 bits per heavy atom. The van der Waals surface area contributed by atoms with Gasteiger partial charge < -0.3 is 11.1 Å². The Kier molecular flexibility index (Phi) is 6.81. The first-order chi connectivity index (χ1) is 9.58. The fourth-order valence-corrected chi connectivity index (χ4v) is 3.00. The van der Waals surface area contributed by atoms with Crippen molar-refractivity contribution in [1.29, 1.82) is 0 Å². The quantitative estimate of drug-likeness (QED) is 0.888. The maximum Gasteiger partial charge on any atom is 0.251 e. The van der Waals surface area contributed by atoms with Crippen LogP contribution in [0.25, 0.3) is 0 Å². The van der Waals surface area contributed by atoms with Gasteiger partial charge in [-0.3, -0.25) is 9.78 Å². The van der Waals surface area contributed by atoms with Crippen LogP contribution in [0.2, 0.25) is 0 Å². The number of hydrogen-bond donors (Lipinski definition) is 2. The third-order valence-corrected chi connectivity index (χ3v) is 3.99. The van der Waals surface area contributed by atoms with Crippen molar-refractivity contribution in [1.82, 2.24) is 10.3 Å². The lowest BCUT2D eigenvalue weighted by Crippen LogP contribution is -2.34. The number of thiophene rings is 1. The third kappa shape index (κ3) is 5.12. The molecule has 0 saturated carbocycles. The molecule has 0 radical (unpaired) electrons. The summed E-state index contributed by atoms with van der Waals surface area (Å²) in [7, 11) is 0. The molecule has 1 unspecified atom stereocenters. The Balaban J connectivity index is 0.00000220. The van der Waals surface area contributed by atoms with Gasteiger partial charge in [0.2, 0.25) is 0 Å². The third-order valence-electron chi connectivity index (χ3n) is 2.97. The molecule has 1 atom stereocenters. The number of aromatic nitrogens is 1. The van der Waals surface area contributed by atoms with Crippen molar-refractivity contribution < 1.29 is 4.79 Å². The van der Waals surface area contributed by atoms with Crippen LogP contribution in [0.4, 0.5) is 0 Å². The van der Waals surface area contributed by atoms with E-state index in [9.17, 15) is 4.79 Å². The predicted molar refractivity (Wildman–Crippen MR) is 89.1 cm³/mol. The summed E-state index contributed by atoms with van der Waals surface area (Å²) in [5.74, 6) is -0.0807. The number of carbonyl (C=O) groups is 1. The zero-order valence-electron chi connectivity index (χ0n) is 12.1. The molecule has 2 aromatic rings. The molecule has 0 fully saturated rings. The zero-order valence-corrected chi connectivity index (χ0v) is 13.8. The standard InChI is InChI=1S/C15H19N3OS.ClH/c1-10(7-14-4-3-11(2)20-14)18-15(19)12-5-6-17-13(8-12)9-16;/h3-6,8,10H,7,9,16H2,1-2H3,(H,18,19);1H. The van der Waals surface area contributed by atoms with Crippen molar-refractivity contribution >= 4 is 29.7 Å². The van der Waals surface area contributed by atoms with Crippen molar-refractivity contribution in [3.05, 3.63) is 51.5 Å². The average Bonchev–Trinajstić information content (AvgIpc) is 2.83. The van der Waals surface area contributed by atoms with Crippen LogP contribution in [0.3, 0.4) is 0 Å². The monoisotopic (exact) mass is 325 g/mol. The van der Waals surface area contributed by atoms with Gasteiger partial charge in [-0.05, 0) is 38.1 Å². The van der Waals surface area contributed by atoms with Crippen LogP contribution < -0.4 is 11.1 Å². The fraction of sp³-hybridized carbons (Fsp3) is 0.333. The Morgan fingerprint density at radius 1 is 1.43 bits per heavy atom. The minimum absolute atomic E-state index is 0. The number of carbonyl (C=O) groups excluding carboxylic acids is 1. The number of pyridine rings is 1. The van der Waals surface area contributed by atoms with Crippen molar-refractivity contribution in [2.45, 2.75) is 32.9 Å². The molecular formula is C15H20ClN3OS. The molecule has 0 aliphatic carbocycles. The van der Waals surface area contributed by atoms with Crippen LogP contribution >= 0.6 is 23.7 Å². The molecule has 4 nitrogen and oxygen atoms in total. The van der Waals surface area contributed by atoms with E-state index in [1.165, 1.54) is 9.75 Å². The van der Waals surface area contributed by atoms with Crippen LogP contribution in [0.5, 0.6) is 0 Å². The minimum atomic E-state index is -0.0807. The molecule has 1 amide bonds. The van der Waals surface area contributed by atoms with Gasteiger partial charge in [-0.25, -0.2) is 0 Å². The largest absolute Gasteiger partial charge is 0.349 e. The van der Waals surface area contributed by atoms with Crippen LogP contribution in [0.15, 0.2) is 30.5 Å². The molecule has 114 valence electrons. The van der Waals surface area contributed by atoms with Crippen LogP contribution in [0, 0.1) is 6.92 Å². The molecule has 0 aliphatic heterocycles. The summed E-state index contributed by atoms with van der Waals surface area (Å²) in [5, 5.41) is 3.00. The minimum Gasteiger partial charge on any atom is -0.349 e. The highest BCUT2D eigenvalue weighted by atomic mass is 35.5. The van der Waals surface area contributed by atoms with Crippen molar-refractivity contribution in [3.63, 3.8) is 0 Å². The Hall–Kier alpha value is -1.43. The van der Waals surface area contributed by atoms with E-state index in [-0.39, 0.29) is 24.4 Å². The normalized spacial score (nSPS) is 11.6. The molecule has 6 heteroatoms. The van der Waals surface area contributed by atoms with Gasteiger partial charge in [0.05, 0.1) is 5.69 Å². The predicted octanol–water partition coefficient (Wildman–Crippen LogP) is 2.69. The molecule has 0 bridgehead atoms. The highest BCUT2D eigenvalue weighted by Crippen LogP contribution is 2.16. The molecule has 2 heterocycles. The van der Waals surface area contributed by atoms with E-state index >= 15 is 0 Å². The van der Waals surface area contributed by atoms with E-state index < -0.39 is 0 Å². The summed E-state index contributed by atoms with van der Waals surface area (Å²) in [5.41, 5.74) is 6.86. The number of halogens is 1. The summed E-state index contributed by atoms with van der Waals surface area (Å²) in [6.07, 6.45) is 2.46. The summed E-state index contributed by atoms with van der Waals surface area (Å²) in [6, 6.07) is 7.75. The smallest absolute Gasteiger partial charge is 0.251 e. The van der Waals surface area contributed by atoms with Crippen LogP contribution in [-0.4, -0.2) is 16.9 Å². The van der Waals surface area contributed by atoms with Crippen LogP contribution in [0.1, 0.15) is 32.7 Å². The van der Waals surface area contributed by atoms with Gasteiger partial charge in [0, 0.05) is 40.5 Å². The lowest BCUT2D eigenvalue weighted by atomic mass is 10.1. The molecule has 0 aromatic carbocycles. The second kappa shape index (κ2) is 8.12. The van der Waals surface area contributed by atoms with Crippen molar-refractivity contribution in [3.8, 4) is 0 Å². The molecule has 2 rings (SSSR count). The summed E-state index contributed by atoms with van der Waals surface area (Å²) < 4.78 is 0. The number of nitrogens with two attached hydrogens (primary N) is 1. The Labute approximate surface area is 135 Å². The highest BCUT2D eigenvalue weighted by molar-refractivity contribution is 7.11. The average molecular weight is 326 g/mol. The van der Waals surface area contributed by atoms with Crippen molar-refractivity contribution in [2.24, 2.45) is 5.73 Å². The van der Waals surface area contributed by atoms with Gasteiger partial charge in [0.15, 0.2) is 0 Å². The lowest BCUT2D eigenvalue weighted by Gasteiger charge is -2.13. The Bertz CT molecular complexity index is 600. The topological polar surface area (TPSA) is 68.0 Å². The Morgan fingerprint density at radius 2 is 2.19 bits per heavy atom. The van der Waals surface area contributed by atoms with E-state index in [4.69, 9.17) is 5.73 Å². The zero-order chi connectivity index (χ0) is 14.5. The van der Waals surface area contributed by atoms with Gasteiger partial charge in [-0.1, -0.05) is 0 Å². The van der Waals surface area contributed by atoms with Gasteiger partial charge in [0.1, 0.15) is 0 Å². The fourth-order valence-electron chi connectivity index (χ4n) is 1.99. The molecule has 0 aliphatic rings. The molecule has 0 saturated heterocycles. The number of hydrogen-bond acceptors (Lipinski definition) is 4.